The van der Waals surface area contributed by atoms with E-state index in [-0.39, 0.29) is 23.8 Å². The molecule has 0 fully saturated rings. The van der Waals surface area contributed by atoms with Crippen molar-refractivity contribution in [2.24, 2.45) is 0 Å². The second-order valence-electron chi connectivity index (χ2n) is 6.58. The van der Waals surface area contributed by atoms with Gasteiger partial charge >= 0.3 is 5.97 Å². The van der Waals surface area contributed by atoms with Crippen LogP contribution in [-0.4, -0.2) is 38.5 Å². The fraction of sp³-hybridized carbons (Fsp3) is 0.300. The Hall–Kier alpha value is -3.33. The van der Waals surface area contributed by atoms with Crippen LogP contribution in [0.15, 0.2) is 30.6 Å². The lowest BCUT2D eigenvalue weighted by atomic mass is 10.1. The Morgan fingerprint density at radius 2 is 1.87 bits per heavy atom. The average Bonchev–Trinajstić information content (AvgIpc) is 3.36. The summed E-state index contributed by atoms with van der Waals surface area (Å²) in [6.07, 6.45) is 3.19. The first-order valence-corrected chi connectivity index (χ1v) is 9.60. The molecular formula is C20H22ClN5O4. The summed E-state index contributed by atoms with van der Waals surface area (Å²) in [7, 11) is 1.25. The number of hydrogen-bond donors (Lipinski definition) is 1. The summed E-state index contributed by atoms with van der Waals surface area (Å²) in [5.41, 5.74) is 2.29. The third-order valence-corrected chi connectivity index (χ3v) is 4.96. The largest absolute Gasteiger partial charge is 0.471 e. The van der Waals surface area contributed by atoms with Crippen molar-refractivity contribution in [3.05, 3.63) is 58.1 Å². The lowest BCUT2D eigenvalue weighted by Crippen LogP contribution is -2.16. The fourth-order valence-electron chi connectivity index (χ4n) is 2.79. The summed E-state index contributed by atoms with van der Waals surface area (Å²) in [5.74, 6) is -0.455. The van der Waals surface area contributed by atoms with Crippen LogP contribution in [0.1, 0.15) is 39.0 Å². The number of anilines is 1. The zero-order valence-electron chi connectivity index (χ0n) is 17.1. The van der Waals surface area contributed by atoms with Gasteiger partial charge in [0.1, 0.15) is 5.75 Å². The van der Waals surface area contributed by atoms with Crippen molar-refractivity contribution in [2.75, 3.05) is 12.4 Å². The molecule has 2 aromatic heterocycles. The molecule has 0 aliphatic rings. The molecule has 1 amide bonds. The number of amides is 1. The molecule has 1 aromatic carbocycles. The van der Waals surface area contributed by atoms with Gasteiger partial charge in [-0.3, -0.25) is 9.48 Å². The van der Waals surface area contributed by atoms with Crippen LogP contribution < -0.4 is 10.1 Å². The van der Waals surface area contributed by atoms with Crippen molar-refractivity contribution in [2.45, 2.75) is 34.0 Å². The molecule has 2 heterocycles. The summed E-state index contributed by atoms with van der Waals surface area (Å²) >= 11 is 6.17. The first-order chi connectivity index (χ1) is 14.3. The lowest BCUT2D eigenvalue weighted by molar-refractivity contribution is 0.0594. The number of aromatic nitrogens is 4. The lowest BCUT2D eigenvalue weighted by Gasteiger charge is -2.10. The zero-order chi connectivity index (χ0) is 21.8. The number of halogens is 1. The van der Waals surface area contributed by atoms with E-state index in [1.165, 1.54) is 16.5 Å². The minimum Gasteiger partial charge on any atom is -0.471 e. The second kappa shape index (κ2) is 9.00. The molecule has 1 N–H and O–H groups in total. The number of rotatable bonds is 7. The highest BCUT2D eigenvalue weighted by atomic mass is 35.5. The molecule has 0 unspecified atom stereocenters. The van der Waals surface area contributed by atoms with Gasteiger partial charge in [0.2, 0.25) is 0 Å². The van der Waals surface area contributed by atoms with Gasteiger partial charge in [-0.1, -0.05) is 11.6 Å². The van der Waals surface area contributed by atoms with E-state index < -0.39 is 11.9 Å². The van der Waals surface area contributed by atoms with Crippen LogP contribution in [0.2, 0.25) is 5.02 Å². The highest BCUT2D eigenvalue weighted by molar-refractivity contribution is 6.32. The van der Waals surface area contributed by atoms with Gasteiger partial charge in [-0.15, -0.1) is 0 Å². The number of nitrogens with one attached hydrogen (secondary N) is 1. The molecule has 0 radical (unpaired) electrons. The number of ether oxygens (including phenoxy) is 2. The predicted octanol–water partition coefficient (Wildman–Crippen LogP) is 3.45. The first kappa shape index (κ1) is 21.4. The number of carbonyl (C=O) groups excluding carboxylic acids is 2. The molecular weight excluding hydrogens is 410 g/mol. The minimum absolute atomic E-state index is 0.0314. The van der Waals surface area contributed by atoms with Gasteiger partial charge in [0, 0.05) is 24.0 Å². The molecule has 30 heavy (non-hydrogen) atoms. The third kappa shape index (κ3) is 4.62. The van der Waals surface area contributed by atoms with Crippen LogP contribution >= 0.6 is 11.6 Å². The molecule has 0 saturated carbocycles. The number of hydrogen-bond acceptors (Lipinski definition) is 6. The van der Waals surface area contributed by atoms with E-state index in [9.17, 15) is 9.59 Å². The minimum atomic E-state index is -0.634. The van der Waals surface area contributed by atoms with E-state index in [1.807, 2.05) is 32.9 Å². The number of nitrogens with zero attached hydrogens (tertiary/aromatic N) is 4. The van der Waals surface area contributed by atoms with Crippen LogP contribution in [0.3, 0.4) is 0 Å². The van der Waals surface area contributed by atoms with Gasteiger partial charge in [-0.2, -0.15) is 10.2 Å². The number of methoxy groups -OCH3 is 1. The summed E-state index contributed by atoms with van der Waals surface area (Å²) < 4.78 is 13.5. The van der Waals surface area contributed by atoms with E-state index >= 15 is 0 Å². The third-order valence-electron chi connectivity index (χ3n) is 4.36. The van der Waals surface area contributed by atoms with Gasteiger partial charge < -0.3 is 14.8 Å². The van der Waals surface area contributed by atoms with Crippen LogP contribution in [0.25, 0.3) is 0 Å². The maximum absolute atomic E-state index is 12.6. The first-order valence-electron chi connectivity index (χ1n) is 9.22. The summed E-state index contributed by atoms with van der Waals surface area (Å²) in [4.78, 5) is 24.4. The molecule has 158 valence electrons. The molecule has 0 bridgehead atoms. The van der Waals surface area contributed by atoms with Crippen molar-refractivity contribution < 1.29 is 19.1 Å². The van der Waals surface area contributed by atoms with Gasteiger partial charge in [0.25, 0.3) is 5.91 Å². The molecule has 9 nitrogen and oxygen atoms in total. The summed E-state index contributed by atoms with van der Waals surface area (Å²) in [6.45, 7) is 6.33. The number of carbonyl (C=O) groups is 2. The molecule has 0 aliphatic heterocycles. The van der Waals surface area contributed by atoms with Gasteiger partial charge in [0.15, 0.2) is 18.1 Å². The van der Waals surface area contributed by atoms with Crippen LogP contribution in [0.5, 0.6) is 5.75 Å². The Labute approximate surface area is 178 Å². The standard InChI is InChI=1S/C20H22ClN5O4/c1-5-25-10-16(18(24-25)20(28)29-4)22-19(27)15-6-7-26(23-15)11-30-14-8-12(2)17(21)13(3)9-14/h6-10H,5,11H2,1-4H3,(H,22,27). The Kier molecular flexibility index (Phi) is 6.41. The SMILES string of the molecule is CCn1cc(NC(=O)c2ccn(COc3cc(C)c(Cl)c(C)c3)n2)c(C(=O)OC)n1. The molecule has 10 heteroatoms. The van der Waals surface area contributed by atoms with Gasteiger partial charge in [-0.25, -0.2) is 9.48 Å². The molecule has 3 aromatic rings. The fourth-order valence-corrected chi connectivity index (χ4v) is 2.90. The highest BCUT2D eigenvalue weighted by Crippen LogP contribution is 2.26. The quantitative estimate of drug-likeness (QED) is 0.575. The van der Waals surface area contributed by atoms with Gasteiger partial charge in [-0.05, 0) is 50.1 Å². The summed E-state index contributed by atoms with van der Waals surface area (Å²) in [5, 5.41) is 11.7. The maximum atomic E-state index is 12.6. The Morgan fingerprint density at radius 1 is 1.17 bits per heavy atom. The number of benzene rings is 1. The van der Waals surface area contributed by atoms with Crippen LogP contribution in [0, 0.1) is 13.8 Å². The van der Waals surface area contributed by atoms with Crippen molar-refractivity contribution in [3.8, 4) is 5.75 Å². The van der Waals surface area contributed by atoms with Crippen molar-refractivity contribution in [3.63, 3.8) is 0 Å². The maximum Gasteiger partial charge on any atom is 0.360 e. The molecule has 0 atom stereocenters. The summed E-state index contributed by atoms with van der Waals surface area (Å²) in [6, 6.07) is 5.23. The highest BCUT2D eigenvalue weighted by Gasteiger charge is 2.20. The van der Waals surface area contributed by atoms with Crippen LogP contribution in [-0.2, 0) is 18.0 Å². The number of aryl methyl sites for hydroxylation is 3. The number of esters is 1. The van der Waals surface area contributed by atoms with Gasteiger partial charge in [0.05, 0.1) is 12.8 Å². The van der Waals surface area contributed by atoms with E-state index in [0.717, 1.165) is 11.1 Å². The van der Waals surface area contributed by atoms with E-state index in [0.29, 0.717) is 17.3 Å². The predicted molar refractivity (Wildman–Crippen MR) is 111 cm³/mol. The Balaban J connectivity index is 1.68. The zero-order valence-corrected chi connectivity index (χ0v) is 17.9. The molecule has 0 aliphatic carbocycles. The topological polar surface area (TPSA) is 100 Å². The molecule has 0 saturated heterocycles. The van der Waals surface area contributed by atoms with Crippen molar-refractivity contribution >= 4 is 29.2 Å². The average molecular weight is 432 g/mol. The molecule has 3 rings (SSSR count). The second-order valence-corrected chi connectivity index (χ2v) is 6.96. The van der Waals surface area contributed by atoms with Crippen molar-refractivity contribution in [1.29, 1.82) is 0 Å². The Morgan fingerprint density at radius 3 is 2.50 bits per heavy atom. The Bertz CT molecular complexity index is 1070. The normalized spacial score (nSPS) is 10.7. The smallest absolute Gasteiger partial charge is 0.360 e. The van der Waals surface area contributed by atoms with E-state index in [4.69, 9.17) is 21.1 Å². The van der Waals surface area contributed by atoms with E-state index in [2.05, 4.69) is 15.5 Å². The van der Waals surface area contributed by atoms with Crippen LogP contribution in [0.4, 0.5) is 5.69 Å². The van der Waals surface area contributed by atoms with Crippen molar-refractivity contribution in [1.82, 2.24) is 19.6 Å². The monoisotopic (exact) mass is 431 g/mol. The van der Waals surface area contributed by atoms with E-state index in [1.54, 1.807) is 18.5 Å². The molecule has 0 spiro atoms.